The highest BCUT2D eigenvalue weighted by atomic mass is 35.5. The maximum atomic E-state index is 13.5. The third-order valence-electron chi connectivity index (χ3n) is 13.7. The Kier molecular flexibility index (Phi) is 12.6. The number of nitrogens with one attached hydrogen (secondary N) is 2. The molecule has 4 aliphatic carbocycles. The zero-order valence-corrected chi connectivity index (χ0v) is 36.9. The number of fused-ring (bicyclic) bond motifs is 2. The number of nitrogens with zero attached hydrogens (tertiary/aromatic N) is 5. The van der Waals surface area contributed by atoms with Gasteiger partial charge in [-0.3, -0.25) is 10.1 Å². The molecule has 0 saturated heterocycles. The maximum Gasteiger partial charge on any atom is 0.311 e. The highest BCUT2D eigenvalue weighted by molar-refractivity contribution is 6.31. The van der Waals surface area contributed by atoms with Crippen molar-refractivity contribution in [1.29, 1.82) is 0 Å². The number of rotatable bonds is 11. The molecule has 0 amide bonds. The number of hydrogen-bond donors (Lipinski definition) is 3. The van der Waals surface area contributed by atoms with E-state index in [9.17, 15) is 18.9 Å². The Morgan fingerprint density at radius 1 is 0.656 bits per heavy atom. The van der Waals surface area contributed by atoms with Gasteiger partial charge in [0, 0.05) is 35.0 Å². The summed E-state index contributed by atoms with van der Waals surface area (Å²) in [6, 6.07) is 15.3. The van der Waals surface area contributed by atoms with Gasteiger partial charge in [0.25, 0.3) is 0 Å². The molecule has 4 aromatic carbocycles. The third kappa shape index (κ3) is 9.58. The van der Waals surface area contributed by atoms with Crippen LogP contribution in [0.1, 0.15) is 89.9 Å². The number of ether oxygens (including phenoxy) is 2. The van der Waals surface area contributed by atoms with E-state index in [1.165, 1.54) is 126 Å². The number of anilines is 5. The van der Waals surface area contributed by atoms with E-state index < -0.39 is 16.6 Å². The molecule has 2 aromatic heterocycles. The van der Waals surface area contributed by atoms with E-state index in [-0.39, 0.29) is 21.5 Å². The Morgan fingerprint density at radius 2 is 1.11 bits per heavy atom. The zero-order valence-electron chi connectivity index (χ0n) is 35.4. The number of nitro benzene ring substituents is 1. The summed E-state index contributed by atoms with van der Waals surface area (Å²) < 4.78 is 39.0. The van der Waals surface area contributed by atoms with Gasteiger partial charge >= 0.3 is 5.69 Å². The summed E-state index contributed by atoms with van der Waals surface area (Å²) in [5, 5.41) is 19.2. The lowest BCUT2D eigenvalue weighted by molar-refractivity contribution is -0.385. The van der Waals surface area contributed by atoms with Crippen molar-refractivity contribution in [2.24, 2.45) is 22.7 Å². The van der Waals surface area contributed by atoms with Gasteiger partial charge in [-0.05, 0) is 116 Å². The molecule has 6 aromatic rings. The van der Waals surface area contributed by atoms with E-state index in [4.69, 9.17) is 38.4 Å². The summed E-state index contributed by atoms with van der Waals surface area (Å²) in [6.07, 6.45) is 21.1. The van der Waals surface area contributed by atoms with Crippen LogP contribution >= 0.6 is 23.2 Å². The molecule has 2 heterocycles. The Hall–Kier alpha value is -5.60. The largest absolute Gasteiger partial charge is 0.491 e. The van der Waals surface area contributed by atoms with Crippen LogP contribution in [0.5, 0.6) is 11.5 Å². The van der Waals surface area contributed by atoms with E-state index in [2.05, 4.69) is 30.6 Å². The molecule has 2 spiro atoms. The van der Waals surface area contributed by atoms with E-state index in [0.29, 0.717) is 81.2 Å². The van der Waals surface area contributed by atoms with Crippen LogP contribution < -0.4 is 25.8 Å². The Bertz CT molecular complexity index is 2680. The summed E-state index contributed by atoms with van der Waals surface area (Å²) in [6.45, 7) is 1.17. The van der Waals surface area contributed by atoms with Gasteiger partial charge in [0.1, 0.15) is 41.7 Å². The first-order chi connectivity index (χ1) is 30.9. The molecule has 334 valence electrons. The van der Waals surface area contributed by atoms with Crippen molar-refractivity contribution >= 4 is 79.4 Å². The van der Waals surface area contributed by atoms with Gasteiger partial charge in [-0.15, -0.1) is 0 Å². The van der Waals surface area contributed by atoms with Crippen molar-refractivity contribution in [3.8, 4) is 11.5 Å². The third-order valence-corrected chi connectivity index (χ3v) is 14.3. The van der Waals surface area contributed by atoms with Crippen LogP contribution in [0, 0.1) is 44.4 Å². The van der Waals surface area contributed by atoms with Crippen LogP contribution in [0.25, 0.3) is 21.8 Å². The van der Waals surface area contributed by atoms with E-state index in [1.807, 2.05) is 12.1 Å². The average Bonchev–Trinajstić information content (AvgIpc) is 3.27. The van der Waals surface area contributed by atoms with Crippen molar-refractivity contribution in [3.63, 3.8) is 0 Å². The van der Waals surface area contributed by atoms with Crippen LogP contribution in [0.4, 0.5) is 43.2 Å². The molecule has 4 fully saturated rings. The molecule has 4 N–H and O–H groups in total. The fourth-order valence-electron chi connectivity index (χ4n) is 10.6. The van der Waals surface area contributed by atoms with Gasteiger partial charge in [-0.25, -0.2) is 28.7 Å². The van der Waals surface area contributed by atoms with Crippen LogP contribution in [0.15, 0.2) is 73.3 Å². The second-order valence-electron chi connectivity index (χ2n) is 18.2. The molecule has 4 aliphatic rings. The molecule has 0 radical (unpaired) electrons. The number of aromatic nitrogens is 4. The van der Waals surface area contributed by atoms with E-state index in [0.717, 1.165) is 23.7 Å². The lowest BCUT2D eigenvalue weighted by Gasteiger charge is -2.50. The maximum absolute atomic E-state index is 13.5. The van der Waals surface area contributed by atoms with Crippen molar-refractivity contribution < 1.29 is 23.2 Å². The summed E-state index contributed by atoms with van der Waals surface area (Å²) >= 11 is 11.7. The molecule has 0 atom stereocenters. The Labute approximate surface area is 379 Å². The quantitative estimate of drug-likeness (QED) is 0.0644. The minimum Gasteiger partial charge on any atom is -0.491 e. The lowest BCUT2D eigenvalue weighted by atomic mass is 9.56. The number of nitrogens with two attached hydrogens (primary N) is 1. The lowest BCUT2D eigenvalue weighted by Crippen LogP contribution is -2.41. The van der Waals surface area contributed by atoms with E-state index in [1.54, 1.807) is 12.1 Å². The summed E-state index contributed by atoms with van der Waals surface area (Å²) in [5.41, 5.74) is 10.2. The summed E-state index contributed by atoms with van der Waals surface area (Å²) in [5.74, 6) is 1.85. The van der Waals surface area contributed by atoms with Crippen LogP contribution in [-0.4, -0.2) is 38.1 Å². The van der Waals surface area contributed by atoms with Crippen molar-refractivity contribution in [2.45, 2.75) is 89.9 Å². The minimum absolute atomic E-state index is 0.0361. The van der Waals surface area contributed by atoms with Gasteiger partial charge in [0.15, 0.2) is 5.75 Å². The summed E-state index contributed by atoms with van der Waals surface area (Å²) in [4.78, 5) is 28.5. The van der Waals surface area contributed by atoms with Gasteiger partial charge in [0.05, 0.1) is 50.3 Å². The first-order valence-corrected chi connectivity index (χ1v) is 22.9. The van der Waals surface area contributed by atoms with Gasteiger partial charge in [0.2, 0.25) is 0 Å². The zero-order chi connectivity index (χ0) is 44.4. The molecule has 16 heteroatoms. The molecule has 12 nitrogen and oxygen atoms in total. The molecule has 0 bridgehead atoms. The average molecular weight is 912 g/mol. The number of hydrogen-bond acceptors (Lipinski definition) is 11. The highest BCUT2D eigenvalue weighted by Gasteiger charge is 2.45. The molecule has 0 aliphatic heterocycles. The van der Waals surface area contributed by atoms with Crippen LogP contribution in [-0.2, 0) is 0 Å². The smallest absolute Gasteiger partial charge is 0.311 e. The van der Waals surface area contributed by atoms with Crippen molar-refractivity contribution in [2.75, 3.05) is 29.6 Å². The Balaban J connectivity index is 0.000000162. The van der Waals surface area contributed by atoms with Gasteiger partial charge in [-0.2, -0.15) is 0 Å². The SMILES string of the molecule is Nc1cc2c(Nc3ccc(F)c(Cl)c3)ncnc2cc1OCC1CC2(CCCCC2)C1.O=[N+]([O-])c1cc2c(Nc3ccc(F)c(Cl)c3)ncnc2cc1OCC1CC2(CCCCC2)C1. The predicted octanol–water partition coefficient (Wildman–Crippen LogP) is 13.3. The van der Waals surface area contributed by atoms with Crippen molar-refractivity contribution in [1.82, 2.24) is 19.9 Å². The molecular formula is C48H50Cl2F2N8O4. The molecule has 10 rings (SSSR count). The van der Waals surface area contributed by atoms with Crippen LogP contribution in [0.2, 0.25) is 10.0 Å². The summed E-state index contributed by atoms with van der Waals surface area (Å²) in [7, 11) is 0. The normalized spacial score (nSPS) is 18.7. The standard InChI is InChI=1S/C24H24ClFN4O3.C24H26ClFN4O/c25-18-8-16(4-5-19(18)26)29-23-17-9-21(30(31)32)22(10-20(17)27-14-28-23)33-13-15-11-24(12-15)6-2-1-3-7-24;25-18-8-16(4-5-19(18)26)30-23-17-9-20(27)22(10-21(17)28-14-29-23)31-13-15-11-24(12-15)6-2-1-3-7-24/h4-5,8-10,14-15H,1-3,6-7,11-13H2,(H,27,28,29);4-5,8-10,14-15H,1-3,6-7,11-13,27H2,(H,28,29,30). The first kappa shape index (κ1) is 43.6. The second kappa shape index (κ2) is 18.5. The van der Waals surface area contributed by atoms with Gasteiger partial charge < -0.3 is 25.8 Å². The van der Waals surface area contributed by atoms with Gasteiger partial charge in [-0.1, -0.05) is 61.7 Å². The molecular weight excluding hydrogens is 861 g/mol. The van der Waals surface area contributed by atoms with Crippen LogP contribution in [0.3, 0.4) is 0 Å². The number of halogens is 4. The van der Waals surface area contributed by atoms with E-state index >= 15 is 0 Å². The number of nitrogen functional groups attached to an aromatic ring is 1. The molecule has 4 saturated carbocycles. The molecule has 0 unspecified atom stereocenters. The minimum atomic E-state index is -0.534. The fraction of sp³-hybridized carbons (Fsp3) is 0.417. The predicted molar refractivity (Wildman–Crippen MR) is 247 cm³/mol. The molecule has 64 heavy (non-hydrogen) atoms. The number of benzene rings is 4. The Morgan fingerprint density at radius 3 is 1.58 bits per heavy atom. The van der Waals surface area contributed by atoms with Crippen molar-refractivity contribution in [3.05, 3.63) is 105 Å². The topological polar surface area (TPSA) is 163 Å². The first-order valence-electron chi connectivity index (χ1n) is 22.1. The number of nitro groups is 1. The fourth-order valence-corrected chi connectivity index (χ4v) is 10.9. The highest BCUT2D eigenvalue weighted by Crippen LogP contribution is 2.56. The monoisotopic (exact) mass is 910 g/mol. The second-order valence-corrected chi connectivity index (χ2v) is 19.1.